The highest BCUT2D eigenvalue weighted by molar-refractivity contribution is 6.07. The maximum atomic E-state index is 13.8. The summed E-state index contributed by atoms with van der Waals surface area (Å²) in [5.41, 5.74) is -0.240. The molecule has 1 fully saturated rings. The van der Waals surface area contributed by atoms with Gasteiger partial charge in [-0.2, -0.15) is 0 Å². The Morgan fingerprint density at radius 3 is 2.62 bits per heavy atom. The number of hydrogen-bond donors (Lipinski definition) is 1. The number of nitrogens with zero attached hydrogens (tertiary/aromatic N) is 1. The van der Waals surface area contributed by atoms with Crippen molar-refractivity contribution in [3.05, 3.63) is 34.9 Å². The summed E-state index contributed by atoms with van der Waals surface area (Å²) in [6, 6.07) is 0.853. The van der Waals surface area contributed by atoms with E-state index in [1.807, 2.05) is 0 Å². The van der Waals surface area contributed by atoms with E-state index in [9.17, 15) is 23.2 Å². The van der Waals surface area contributed by atoms with Crippen LogP contribution in [0, 0.1) is 18.6 Å². The van der Waals surface area contributed by atoms with Gasteiger partial charge in [-0.15, -0.1) is 0 Å². The van der Waals surface area contributed by atoms with Crippen molar-refractivity contribution in [3.8, 4) is 0 Å². The molecule has 1 saturated heterocycles. The van der Waals surface area contributed by atoms with Crippen molar-refractivity contribution in [1.82, 2.24) is 10.2 Å². The molecule has 0 radical (unpaired) electrons. The number of aryl methyl sites for hydroxylation is 1. The van der Waals surface area contributed by atoms with Gasteiger partial charge in [0.2, 0.25) is 11.8 Å². The summed E-state index contributed by atoms with van der Waals surface area (Å²) < 4.78 is 27.0. The van der Waals surface area contributed by atoms with Gasteiger partial charge in [-0.1, -0.05) is 6.92 Å². The second kappa shape index (κ2) is 5.59. The van der Waals surface area contributed by atoms with Gasteiger partial charge in [0.1, 0.15) is 24.2 Å². The molecule has 1 aliphatic heterocycles. The minimum Gasteiger partial charge on any atom is -0.317 e. The van der Waals surface area contributed by atoms with Gasteiger partial charge in [0.15, 0.2) is 0 Å². The Hall–Kier alpha value is -2.31. The molecule has 1 aromatic rings. The van der Waals surface area contributed by atoms with Crippen molar-refractivity contribution in [2.75, 3.05) is 6.54 Å². The Kier molecular flexibility index (Phi) is 4.02. The number of amides is 3. The molecule has 0 spiro atoms. The summed E-state index contributed by atoms with van der Waals surface area (Å²) in [5.74, 6) is -3.80. The van der Waals surface area contributed by atoms with Crippen LogP contribution in [-0.4, -0.2) is 35.2 Å². The van der Waals surface area contributed by atoms with E-state index >= 15 is 0 Å². The number of imide groups is 1. The highest BCUT2D eigenvalue weighted by Crippen LogP contribution is 2.19. The lowest BCUT2D eigenvalue weighted by molar-refractivity contribution is -0.138. The third-order valence-corrected chi connectivity index (χ3v) is 3.38. The zero-order chi connectivity index (χ0) is 15.7. The molecule has 7 heteroatoms. The second-order valence-electron chi connectivity index (χ2n) is 4.85. The summed E-state index contributed by atoms with van der Waals surface area (Å²) in [6.07, 6.45) is 0.284. The number of piperazine rings is 1. The van der Waals surface area contributed by atoms with E-state index in [2.05, 4.69) is 5.32 Å². The van der Waals surface area contributed by atoms with Crippen LogP contribution in [0.1, 0.15) is 29.3 Å². The van der Waals surface area contributed by atoms with E-state index in [1.54, 1.807) is 6.92 Å². The van der Waals surface area contributed by atoms with Gasteiger partial charge >= 0.3 is 0 Å². The van der Waals surface area contributed by atoms with Crippen LogP contribution in [0.3, 0.4) is 0 Å². The van der Waals surface area contributed by atoms with Crippen LogP contribution >= 0.6 is 0 Å². The zero-order valence-corrected chi connectivity index (χ0v) is 11.6. The Morgan fingerprint density at radius 1 is 1.33 bits per heavy atom. The van der Waals surface area contributed by atoms with Crippen LogP contribution in [-0.2, 0) is 9.59 Å². The average Bonchev–Trinajstić information content (AvgIpc) is 2.41. The maximum absolute atomic E-state index is 13.8. The Morgan fingerprint density at radius 2 is 2.00 bits per heavy atom. The molecule has 2 rings (SSSR count). The van der Waals surface area contributed by atoms with Gasteiger partial charge in [-0.25, -0.2) is 8.78 Å². The molecule has 21 heavy (non-hydrogen) atoms. The highest BCUT2D eigenvalue weighted by atomic mass is 19.1. The van der Waals surface area contributed by atoms with Crippen LogP contribution in [0.15, 0.2) is 12.1 Å². The minimum atomic E-state index is -1.02. The lowest BCUT2D eigenvalue weighted by Gasteiger charge is -2.33. The summed E-state index contributed by atoms with van der Waals surface area (Å²) in [5, 5.41) is 2.13. The number of carbonyl (C=O) groups is 3. The summed E-state index contributed by atoms with van der Waals surface area (Å²) in [6.45, 7) is 2.74. The summed E-state index contributed by atoms with van der Waals surface area (Å²) >= 11 is 0. The second-order valence-corrected chi connectivity index (χ2v) is 4.85. The van der Waals surface area contributed by atoms with Crippen LogP contribution < -0.4 is 5.32 Å². The quantitative estimate of drug-likeness (QED) is 0.833. The van der Waals surface area contributed by atoms with E-state index in [0.717, 1.165) is 11.0 Å². The highest BCUT2D eigenvalue weighted by Gasteiger charge is 2.36. The smallest absolute Gasteiger partial charge is 0.257 e. The van der Waals surface area contributed by atoms with E-state index in [4.69, 9.17) is 0 Å². The Balaban J connectivity index is 2.40. The molecule has 3 amide bonds. The van der Waals surface area contributed by atoms with E-state index in [0.29, 0.717) is 6.07 Å². The van der Waals surface area contributed by atoms with E-state index < -0.39 is 35.4 Å². The monoisotopic (exact) mass is 296 g/mol. The minimum absolute atomic E-state index is 0.112. The van der Waals surface area contributed by atoms with Crippen LogP contribution in [0.25, 0.3) is 0 Å². The predicted octanol–water partition coefficient (Wildman–Crippen LogP) is 1.15. The molecular formula is C14H14F2N2O3. The number of halogens is 2. The summed E-state index contributed by atoms with van der Waals surface area (Å²) in [4.78, 5) is 36.5. The Labute approximate surface area is 119 Å². The van der Waals surface area contributed by atoms with Crippen LogP contribution in [0.5, 0.6) is 0 Å². The first-order valence-electron chi connectivity index (χ1n) is 6.45. The lowest BCUT2D eigenvalue weighted by atomic mass is 10.0. The van der Waals surface area contributed by atoms with Gasteiger partial charge in [0.05, 0.1) is 5.56 Å². The van der Waals surface area contributed by atoms with Gasteiger partial charge in [-0.3, -0.25) is 19.7 Å². The molecule has 0 bridgehead atoms. The number of carbonyl (C=O) groups excluding carboxylic acids is 3. The largest absolute Gasteiger partial charge is 0.317 e. The first-order valence-corrected chi connectivity index (χ1v) is 6.45. The molecule has 0 aromatic heterocycles. The Bertz CT molecular complexity index is 631. The molecule has 0 saturated carbocycles. The number of benzene rings is 1. The third kappa shape index (κ3) is 2.76. The molecule has 1 N–H and O–H groups in total. The van der Waals surface area contributed by atoms with Crippen LogP contribution in [0.4, 0.5) is 8.78 Å². The summed E-state index contributed by atoms with van der Waals surface area (Å²) in [7, 11) is 0. The fraction of sp³-hybridized carbons (Fsp3) is 0.357. The number of rotatable bonds is 2. The van der Waals surface area contributed by atoms with Gasteiger partial charge in [-0.05, 0) is 25.0 Å². The average molecular weight is 296 g/mol. The molecule has 1 unspecified atom stereocenters. The molecule has 1 atom stereocenters. The van der Waals surface area contributed by atoms with Crippen molar-refractivity contribution in [3.63, 3.8) is 0 Å². The molecule has 5 nitrogen and oxygen atoms in total. The van der Waals surface area contributed by atoms with E-state index in [-0.39, 0.29) is 24.1 Å². The van der Waals surface area contributed by atoms with Crippen molar-refractivity contribution in [1.29, 1.82) is 0 Å². The SMILES string of the molecule is CCC1C(=O)NC(=O)CN1C(=O)c1cc(C)c(F)cc1F. The normalized spacial score (nSPS) is 18.7. The van der Waals surface area contributed by atoms with Crippen molar-refractivity contribution >= 4 is 17.7 Å². The number of hydrogen-bond acceptors (Lipinski definition) is 3. The standard InChI is InChI=1S/C14H14F2N2O3/c1-3-11-13(20)17-12(19)6-18(11)14(21)8-4-7(2)9(15)5-10(8)16/h4-5,11H,3,6H2,1-2H3,(H,17,19,20). The maximum Gasteiger partial charge on any atom is 0.257 e. The van der Waals surface area contributed by atoms with E-state index in [1.165, 1.54) is 6.92 Å². The molecule has 1 aliphatic rings. The van der Waals surface area contributed by atoms with Crippen molar-refractivity contribution < 1.29 is 23.2 Å². The van der Waals surface area contributed by atoms with Crippen LogP contribution in [0.2, 0.25) is 0 Å². The van der Waals surface area contributed by atoms with Crippen molar-refractivity contribution in [2.24, 2.45) is 0 Å². The molecule has 1 heterocycles. The molecule has 1 aromatic carbocycles. The molecule has 112 valence electrons. The predicted molar refractivity (Wildman–Crippen MR) is 69.4 cm³/mol. The van der Waals surface area contributed by atoms with Gasteiger partial charge < -0.3 is 4.90 Å². The molecular weight excluding hydrogens is 282 g/mol. The third-order valence-electron chi connectivity index (χ3n) is 3.38. The molecule has 0 aliphatic carbocycles. The first-order chi connectivity index (χ1) is 9.85. The fourth-order valence-corrected chi connectivity index (χ4v) is 2.26. The van der Waals surface area contributed by atoms with Gasteiger partial charge in [0, 0.05) is 6.07 Å². The first kappa shape index (κ1) is 15.1. The number of nitrogens with one attached hydrogen (secondary N) is 1. The van der Waals surface area contributed by atoms with Crippen molar-refractivity contribution in [2.45, 2.75) is 26.3 Å². The lowest BCUT2D eigenvalue weighted by Crippen LogP contribution is -2.59. The fourth-order valence-electron chi connectivity index (χ4n) is 2.26. The topological polar surface area (TPSA) is 66.5 Å². The van der Waals surface area contributed by atoms with Gasteiger partial charge in [0.25, 0.3) is 5.91 Å². The zero-order valence-electron chi connectivity index (χ0n) is 11.6.